The fourth-order valence-corrected chi connectivity index (χ4v) is 2.56. The molecule has 2 rings (SSSR count). The lowest BCUT2D eigenvalue weighted by atomic mass is 10.2. The molecule has 1 heterocycles. The molecule has 2 nitrogen and oxygen atoms in total. The van der Waals surface area contributed by atoms with E-state index in [0.29, 0.717) is 10.2 Å². The number of nitrogens with zero attached hydrogens (tertiary/aromatic N) is 1. The van der Waals surface area contributed by atoms with E-state index >= 15 is 0 Å². The highest BCUT2D eigenvalue weighted by Gasteiger charge is 2.06. The molecule has 0 radical (unpaired) electrons. The molecule has 72 valence electrons. The minimum absolute atomic E-state index is 0.571. The summed E-state index contributed by atoms with van der Waals surface area (Å²) in [6, 6.07) is 5.59. The van der Waals surface area contributed by atoms with Gasteiger partial charge in [0.15, 0.2) is 5.13 Å². The highest BCUT2D eigenvalue weighted by atomic mass is 79.9. The second kappa shape index (κ2) is 3.88. The van der Waals surface area contributed by atoms with Crippen molar-refractivity contribution < 1.29 is 0 Å². The Balaban J connectivity index is 2.52. The topological polar surface area (TPSA) is 38.9 Å². The summed E-state index contributed by atoms with van der Waals surface area (Å²) in [6.07, 6.45) is 0. The molecular formula is C9H6BrClN2S. The standard InChI is InChI=1S/C9H6BrClN2S/c10-7-3-5(11)1-2-6(7)8-4-14-9(12)13-8/h1-4H,(H2,12,13). The van der Waals surface area contributed by atoms with Crippen LogP contribution in [0.3, 0.4) is 0 Å². The zero-order chi connectivity index (χ0) is 10.1. The molecule has 0 aliphatic carbocycles. The molecule has 5 heteroatoms. The summed E-state index contributed by atoms with van der Waals surface area (Å²) < 4.78 is 0.926. The summed E-state index contributed by atoms with van der Waals surface area (Å²) in [5.41, 5.74) is 7.44. The van der Waals surface area contributed by atoms with Crippen LogP contribution in [0.4, 0.5) is 5.13 Å². The van der Waals surface area contributed by atoms with Crippen molar-refractivity contribution in [2.45, 2.75) is 0 Å². The van der Waals surface area contributed by atoms with Gasteiger partial charge >= 0.3 is 0 Å². The fourth-order valence-electron chi connectivity index (χ4n) is 1.11. The van der Waals surface area contributed by atoms with Crippen molar-refractivity contribution in [2.75, 3.05) is 5.73 Å². The van der Waals surface area contributed by atoms with Gasteiger partial charge < -0.3 is 5.73 Å². The van der Waals surface area contributed by atoms with Crippen LogP contribution >= 0.6 is 38.9 Å². The smallest absolute Gasteiger partial charge is 0.180 e. The van der Waals surface area contributed by atoms with Crippen molar-refractivity contribution in [3.05, 3.63) is 33.1 Å². The predicted octanol–water partition coefficient (Wildman–Crippen LogP) is 3.81. The largest absolute Gasteiger partial charge is 0.375 e. The van der Waals surface area contributed by atoms with E-state index in [2.05, 4.69) is 20.9 Å². The van der Waals surface area contributed by atoms with Gasteiger partial charge in [-0.15, -0.1) is 11.3 Å². The maximum absolute atomic E-state index is 5.84. The normalized spacial score (nSPS) is 10.4. The molecule has 14 heavy (non-hydrogen) atoms. The number of thiazole rings is 1. The molecule has 0 unspecified atom stereocenters. The number of hydrogen-bond donors (Lipinski definition) is 1. The number of nitrogen functional groups attached to an aromatic ring is 1. The lowest BCUT2D eigenvalue weighted by Crippen LogP contribution is -1.83. The van der Waals surface area contributed by atoms with Gasteiger partial charge in [-0.3, -0.25) is 0 Å². The van der Waals surface area contributed by atoms with Gasteiger partial charge in [-0.05, 0) is 12.1 Å². The first-order chi connectivity index (χ1) is 6.66. The number of hydrogen-bond acceptors (Lipinski definition) is 3. The number of anilines is 1. The van der Waals surface area contributed by atoms with E-state index in [0.717, 1.165) is 15.7 Å². The summed E-state index contributed by atoms with van der Waals surface area (Å²) >= 11 is 10.7. The van der Waals surface area contributed by atoms with Crippen LogP contribution in [0.15, 0.2) is 28.1 Å². The average Bonchev–Trinajstić information content (AvgIpc) is 2.51. The fraction of sp³-hybridized carbons (Fsp3) is 0. The van der Waals surface area contributed by atoms with Crippen LogP contribution in [0.25, 0.3) is 11.3 Å². The second-order valence-corrected chi connectivity index (χ2v) is 4.88. The third kappa shape index (κ3) is 1.92. The summed E-state index contributed by atoms with van der Waals surface area (Å²) in [5, 5.41) is 3.19. The minimum Gasteiger partial charge on any atom is -0.375 e. The minimum atomic E-state index is 0.571. The van der Waals surface area contributed by atoms with Crippen molar-refractivity contribution in [1.82, 2.24) is 4.98 Å². The lowest BCUT2D eigenvalue weighted by molar-refractivity contribution is 1.40. The number of aromatic nitrogens is 1. The Morgan fingerprint density at radius 1 is 1.43 bits per heavy atom. The van der Waals surface area contributed by atoms with Crippen LogP contribution in [0.5, 0.6) is 0 Å². The molecule has 0 amide bonds. The van der Waals surface area contributed by atoms with Crippen LogP contribution in [0.1, 0.15) is 0 Å². The van der Waals surface area contributed by atoms with Crippen LogP contribution < -0.4 is 5.73 Å². The Morgan fingerprint density at radius 2 is 2.21 bits per heavy atom. The van der Waals surface area contributed by atoms with E-state index in [-0.39, 0.29) is 0 Å². The Hall–Kier alpha value is -0.580. The van der Waals surface area contributed by atoms with Crippen molar-refractivity contribution in [3.63, 3.8) is 0 Å². The first-order valence-electron chi connectivity index (χ1n) is 3.83. The second-order valence-electron chi connectivity index (χ2n) is 2.70. The molecule has 1 aromatic carbocycles. The first-order valence-corrected chi connectivity index (χ1v) is 5.88. The summed E-state index contributed by atoms with van der Waals surface area (Å²) in [5.74, 6) is 0. The van der Waals surface area contributed by atoms with Gasteiger partial charge in [-0.2, -0.15) is 0 Å². The third-order valence-electron chi connectivity index (χ3n) is 1.73. The molecule has 1 aromatic heterocycles. The van der Waals surface area contributed by atoms with Gasteiger partial charge in [0.1, 0.15) is 0 Å². The molecule has 0 saturated carbocycles. The van der Waals surface area contributed by atoms with Gasteiger partial charge in [0.05, 0.1) is 5.69 Å². The van der Waals surface area contributed by atoms with Gasteiger partial charge in [0, 0.05) is 20.4 Å². The van der Waals surface area contributed by atoms with Crippen LogP contribution in [-0.4, -0.2) is 4.98 Å². The summed E-state index contributed by atoms with van der Waals surface area (Å²) in [7, 11) is 0. The quantitative estimate of drug-likeness (QED) is 0.867. The molecule has 0 saturated heterocycles. The molecule has 0 aliphatic rings. The highest BCUT2D eigenvalue weighted by molar-refractivity contribution is 9.10. The monoisotopic (exact) mass is 288 g/mol. The maximum atomic E-state index is 5.84. The molecular weight excluding hydrogens is 284 g/mol. The Morgan fingerprint density at radius 3 is 2.79 bits per heavy atom. The molecule has 0 bridgehead atoms. The maximum Gasteiger partial charge on any atom is 0.180 e. The number of benzene rings is 1. The zero-order valence-corrected chi connectivity index (χ0v) is 10.2. The van der Waals surface area contributed by atoms with E-state index in [4.69, 9.17) is 17.3 Å². The molecule has 0 spiro atoms. The molecule has 0 fully saturated rings. The van der Waals surface area contributed by atoms with E-state index in [1.54, 1.807) is 0 Å². The Kier molecular flexibility index (Phi) is 2.76. The van der Waals surface area contributed by atoms with Crippen LogP contribution in [0.2, 0.25) is 5.02 Å². The van der Waals surface area contributed by atoms with Gasteiger partial charge in [0.2, 0.25) is 0 Å². The average molecular weight is 290 g/mol. The lowest BCUT2D eigenvalue weighted by Gasteiger charge is -2.00. The number of halogens is 2. The van der Waals surface area contributed by atoms with Crippen LogP contribution in [-0.2, 0) is 0 Å². The molecule has 2 aromatic rings. The Labute approximate surface area is 98.9 Å². The van der Waals surface area contributed by atoms with Gasteiger partial charge in [-0.25, -0.2) is 4.98 Å². The molecule has 0 aliphatic heterocycles. The highest BCUT2D eigenvalue weighted by Crippen LogP contribution is 2.31. The zero-order valence-electron chi connectivity index (χ0n) is 7.00. The Bertz CT molecular complexity index is 470. The van der Waals surface area contributed by atoms with Crippen LogP contribution in [0, 0.1) is 0 Å². The first kappa shape index (κ1) is 9.96. The van der Waals surface area contributed by atoms with Crippen molar-refractivity contribution in [3.8, 4) is 11.3 Å². The van der Waals surface area contributed by atoms with E-state index < -0.39 is 0 Å². The summed E-state index contributed by atoms with van der Waals surface area (Å²) in [4.78, 5) is 4.19. The summed E-state index contributed by atoms with van der Waals surface area (Å²) in [6.45, 7) is 0. The number of rotatable bonds is 1. The van der Waals surface area contributed by atoms with Gasteiger partial charge in [-0.1, -0.05) is 33.6 Å². The van der Waals surface area contributed by atoms with Crippen molar-refractivity contribution in [1.29, 1.82) is 0 Å². The van der Waals surface area contributed by atoms with E-state index in [9.17, 15) is 0 Å². The predicted molar refractivity (Wildman–Crippen MR) is 64.7 cm³/mol. The van der Waals surface area contributed by atoms with E-state index in [1.807, 2.05) is 23.6 Å². The number of nitrogens with two attached hydrogens (primary N) is 1. The third-order valence-corrected chi connectivity index (χ3v) is 3.29. The van der Waals surface area contributed by atoms with Gasteiger partial charge in [0.25, 0.3) is 0 Å². The SMILES string of the molecule is Nc1nc(-c2ccc(Cl)cc2Br)cs1. The molecule has 0 atom stereocenters. The van der Waals surface area contributed by atoms with Crippen molar-refractivity contribution in [2.24, 2.45) is 0 Å². The van der Waals surface area contributed by atoms with E-state index in [1.165, 1.54) is 11.3 Å². The molecule has 2 N–H and O–H groups in total. The van der Waals surface area contributed by atoms with Crippen molar-refractivity contribution >= 4 is 44.0 Å².